The number of hydrogen-bond donors (Lipinski definition) is 2. The summed E-state index contributed by atoms with van der Waals surface area (Å²) in [6.45, 7) is 1.79. The molecule has 1 amide bonds. The van der Waals surface area contributed by atoms with Crippen LogP contribution in [-0.2, 0) is 11.2 Å². The SMILES string of the molecule is O=C(CC1CSCCN1)Nc1ccc2c(c1)CCCO2. The van der Waals surface area contributed by atoms with Gasteiger partial charge in [0, 0.05) is 36.2 Å². The zero-order valence-electron chi connectivity index (χ0n) is 11.5. The molecule has 20 heavy (non-hydrogen) atoms. The molecule has 1 aromatic rings. The van der Waals surface area contributed by atoms with Gasteiger partial charge in [-0.25, -0.2) is 0 Å². The van der Waals surface area contributed by atoms with Gasteiger partial charge in [-0.15, -0.1) is 0 Å². The first-order chi connectivity index (χ1) is 9.81. The molecular formula is C15H20N2O2S. The van der Waals surface area contributed by atoms with Gasteiger partial charge in [0.2, 0.25) is 5.91 Å². The van der Waals surface area contributed by atoms with Gasteiger partial charge in [0.25, 0.3) is 0 Å². The molecule has 0 saturated carbocycles. The van der Waals surface area contributed by atoms with Crippen molar-refractivity contribution in [3.05, 3.63) is 23.8 Å². The second kappa shape index (κ2) is 6.50. The normalized spacial score (nSPS) is 21.7. The molecule has 3 rings (SSSR count). The fraction of sp³-hybridized carbons (Fsp3) is 0.533. The molecule has 0 bridgehead atoms. The van der Waals surface area contributed by atoms with Gasteiger partial charge < -0.3 is 15.4 Å². The van der Waals surface area contributed by atoms with Gasteiger partial charge in [-0.05, 0) is 36.6 Å². The predicted molar refractivity (Wildman–Crippen MR) is 82.6 cm³/mol. The number of aryl methyl sites for hydroxylation is 1. The van der Waals surface area contributed by atoms with Gasteiger partial charge in [-0.1, -0.05) is 0 Å². The fourth-order valence-electron chi connectivity index (χ4n) is 2.62. The summed E-state index contributed by atoms with van der Waals surface area (Å²) in [5, 5.41) is 6.38. The lowest BCUT2D eigenvalue weighted by molar-refractivity contribution is -0.116. The number of benzene rings is 1. The molecule has 1 fully saturated rings. The minimum atomic E-state index is 0.0849. The smallest absolute Gasteiger partial charge is 0.225 e. The summed E-state index contributed by atoms with van der Waals surface area (Å²) >= 11 is 1.91. The molecule has 0 radical (unpaired) electrons. The van der Waals surface area contributed by atoms with Crippen molar-refractivity contribution >= 4 is 23.4 Å². The first kappa shape index (κ1) is 13.8. The van der Waals surface area contributed by atoms with Crippen molar-refractivity contribution in [3.63, 3.8) is 0 Å². The highest BCUT2D eigenvalue weighted by molar-refractivity contribution is 7.99. The third kappa shape index (κ3) is 3.46. The van der Waals surface area contributed by atoms with Crippen molar-refractivity contribution in [2.24, 2.45) is 0 Å². The number of amides is 1. The molecule has 2 aliphatic rings. The molecule has 0 spiro atoms. The molecule has 1 aromatic carbocycles. The summed E-state index contributed by atoms with van der Waals surface area (Å²) in [7, 11) is 0. The van der Waals surface area contributed by atoms with E-state index in [1.807, 2.05) is 30.0 Å². The average molecular weight is 292 g/mol. The Morgan fingerprint density at radius 1 is 1.50 bits per heavy atom. The number of rotatable bonds is 3. The summed E-state index contributed by atoms with van der Waals surface area (Å²) in [6.07, 6.45) is 2.62. The van der Waals surface area contributed by atoms with Gasteiger partial charge in [0.15, 0.2) is 0 Å². The van der Waals surface area contributed by atoms with Crippen LogP contribution in [0.1, 0.15) is 18.4 Å². The van der Waals surface area contributed by atoms with Crippen LogP contribution >= 0.6 is 11.8 Å². The van der Waals surface area contributed by atoms with E-state index in [0.717, 1.165) is 48.9 Å². The van der Waals surface area contributed by atoms with Crippen molar-refractivity contribution in [2.75, 3.05) is 30.0 Å². The van der Waals surface area contributed by atoms with Crippen LogP contribution in [0, 0.1) is 0 Å². The van der Waals surface area contributed by atoms with E-state index in [9.17, 15) is 4.79 Å². The summed E-state index contributed by atoms with van der Waals surface area (Å²) in [5.41, 5.74) is 2.07. The maximum Gasteiger partial charge on any atom is 0.225 e. The van der Waals surface area contributed by atoms with Gasteiger partial charge in [0.05, 0.1) is 6.61 Å². The Morgan fingerprint density at radius 3 is 3.30 bits per heavy atom. The lowest BCUT2D eigenvalue weighted by Crippen LogP contribution is -2.39. The second-order valence-corrected chi connectivity index (χ2v) is 6.40. The van der Waals surface area contributed by atoms with E-state index in [1.54, 1.807) is 0 Å². The van der Waals surface area contributed by atoms with Crippen LogP contribution in [0.2, 0.25) is 0 Å². The molecule has 2 heterocycles. The third-order valence-corrected chi connectivity index (χ3v) is 4.75. The molecule has 2 N–H and O–H groups in total. The van der Waals surface area contributed by atoms with Gasteiger partial charge in [-0.2, -0.15) is 11.8 Å². The monoisotopic (exact) mass is 292 g/mol. The second-order valence-electron chi connectivity index (χ2n) is 5.25. The van der Waals surface area contributed by atoms with E-state index in [0.29, 0.717) is 12.5 Å². The van der Waals surface area contributed by atoms with Crippen LogP contribution in [0.3, 0.4) is 0 Å². The van der Waals surface area contributed by atoms with Crippen LogP contribution in [0.5, 0.6) is 5.75 Å². The Kier molecular flexibility index (Phi) is 4.47. The molecular weight excluding hydrogens is 272 g/mol. The third-order valence-electron chi connectivity index (χ3n) is 3.62. The molecule has 108 valence electrons. The molecule has 2 aliphatic heterocycles. The van der Waals surface area contributed by atoms with Crippen LogP contribution in [0.4, 0.5) is 5.69 Å². The Hall–Kier alpha value is -1.20. The first-order valence-electron chi connectivity index (χ1n) is 7.18. The van der Waals surface area contributed by atoms with E-state index in [-0.39, 0.29) is 5.91 Å². The number of fused-ring (bicyclic) bond motifs is 1. The van der Waals surface area contributed by atoms with Crippen LogP contribution in [-0.4, -0.2) is 36.6 Å². The fourth-order valence-corrected chi connectivity index (χ4v) is 3.57. The number of ether oxygens (including phenoxy) is 1. The number of carbonyl (C=O) groups excluding carboxylic acids is 1. The number of hydrogen-bond acceptors (Lipinski definition) is 4. The van der Waals surface area contributed by atoms with Crippen LogP contribution in [0.15, 0.2) is 18.2 Å². The zero-order chi connectivity index (χ0) is 13.8. The van der Waals surface area contributed by atoms with Gasteiger partial charge in [0.1, 0.15) is 5.75 Å². The molecule has 1 saturated heterocycles. The highest BCUT2D eigenvalue weighted by Gasteiger charge is 2.17. The Balaban J connectivity index is 1.58. The highest BCUT2D eigenvalue weighted by atomic mass is 32.2. The molecule has 1 unspecified atom stereocenters. The quantitative estimate of drug-likeness (QED) is 0.895. The average Bonchev–Trinajstić information content (AvgIpc) is 2.48. The maximum absolute atomic E-state index is 12.1. The molecule has 4 nitrogen and oxygen atoms in total. The lowest BCUT2D eigenvalue weighted by atomic mass is 10.1. The van der Waals surface area contributed by atoms with E-state index in [2.05, 4.69) is 10.6 Å². The van der Waals surface area contributed by atoms with Crippen molar-refractivity contribution in [1.29, 1.82) is 0 Å². The van der Waals surface area contributed by atoms with Crippen molar-refractivity contribution < 1.29 is 9.53 Å². The van der Waals surface area contributed by atoms with Crippen LogP contribution < -0.4 is 15.4 Å². The van der Waals surface area contributed by atoms with Crippen molar-refractivity contribution in [3.8, 4) is 5.75 Å². The molecule has 5 heteroatoms. The summed E-state index contributed by atoms with van der Waals surface area (Å²) in [6, 6.07) is 6.22. The minimum absolute atomic E-state index is 0.0849. The minimum Gasteiger partial charge on any atom is -0.493 e. The highest BCUT2D eigenvalue weighted by Crippen LogP contribution is 2.27. The number of carbonyl (C=O) groups is 1. The van der Waals surface area contributed by atoms with Crippen molar-refractivity contribution in [1.82, 2.24) is 5.32 Å². The number of anilines is 1. The standard InChI is InChI=1S/C15H20N2O2S/c18-15(9-13-10-20-7-5-16-13)17-12-3-4-14-11(8-12)2-1-6-19-14/h3-4,8,13,16H,1-2,5-7,9-10H2,(H,17,18). The van der Waals surface area contributed by atoms with E-state index < -0.39 is 0 Å². The van der Waals surface area contributed by atoms with E-state index >= 15 is 0 Å². The maximum atomic E-state index is 12.1. The Bertz CT molecular complexity index is 487. The first-order valence-corrected chi connectivity index (χ1v) is 8.33. The van der Waals surface area contributed by atoms with E-state index in [4.69, 9.17) is 4.74 Å². The largest absolute Gasteiger partial charge is 0.493 e. The van der Waals surface area contributed by atoms with E-state index in [1.165, 1.54) is 5.56 Å². The lowest BCUT2D eigenvalue weighted by Gasteiger charge is -2.22. The molecule has 0 aromatic heterocycles. The van der Waals surface area contributed by atoms with Gasteiger partial charge in [-0.3, -0.25) is 4.79 Å². The summed E-state index contributed by atoms with van der Waals surface area (Å²) in [5.74, 6) is 3.20. The number of thioether (sulfide) groups is 1. The molecule has 0 aliphatic carbocycles. The van der Waals surface area contributed by atoms with Gasteiger partial charge >= 0.3 is 0 Å². The Labute approximate surface area is 123 Å². The molecule has 1 atom stereocenters. The predicted octanol–water partition coefficient (Wildman–Crippen LogP) is 2.05. The number of nitrogens with one attached hydrogen (secondary N) is 2. The van der Waals surface area contributed by atoms with Crippen molar-refractivity contribution in [2.45, 2.75) is 25.3 Å². The zero-order valence-corrected chi connectivity index (χ0v) is 12.3. The summed E-state index contributed by atoms with van der Waals surface area (Å²) < 4.78 is 5.58. The van der Waals surface area contributed by atoms with Crippen LogP contribution in [0.25, 0.3) is 0 Å². The topological polar surface area (TPSA) is 50.4 Å². The summed E-state index contributed by atoms with van der Waals surface area (Å²) in [4.78, 5) is 12.1. The Morgan fingerprint density at radius 2 is 2.45 bits per heavy atom.